The van der Waals surface area contributed by atoms with Crippen LogP contribution in [0.3, 0.4) is 0 Å². The van der Waals surface area contributed by atoms with Crippen LogP contribution >= 0.6 is 0 Å². The monoisotopic (exact) mass is 698 g/mol. The smallest absolute Gasteiger partial charge is 0.145 e. The molecule has 254 valence electrons. The van der Waals surface area contributed by atoms with Crippen LogP contribution in [0.1, 0.15) is 0 Å². The molecular weight excluding hydrogens is 669 g/mol. The first kappa shape index (κ1) is 29.1. The van der Waals surface area contributed by atoms with E-state index in [-0.39, 0.29) is 0 Å². The molecule has 0 spiro atoms. The van der Waals surface area contributed by atoms with Gasteiger partial charge in [0.15, 0.2) is 0 Å². The second-order valence-electron chi connectivity index (χ2n) is 14.8. The van der Waals surface area contributed by atoms with Crippen LogP contribution in [0.2, 0.25) is 0 Å². The van der Waals surface area contributed by atoms with Crippen LogP contribution in [0.15, 0.2) is 186 Å². The molecule has 3 aromatic heterocycles. The number of hydrogen-bond donors (Lipinski definition) is 0. The van der Waals surface area contributed by atoms with Crippen molar-refractivity contribution in [3.63, 3.8) is 0 Å². The van der Waals surface area contributed by atoms with Gasteiger partial charge in [-0.05, 0) is 70.1 Å². The number of para-hydroxylation sites is 2. The quantitative estimate of drug-likeness (QED) is 0.165. The van der Waals surface area contributed by atoms with Gasteiger partial charge in [0.05, 0.1) is 44.2 Å². The van der Waals surface area contributed by atoms with Gasteiger partial charge < -0.3 is 13.6 Å². The first-order chi connectivity index (χ1) is 27.3. The molecule has 13 aromatic rings. The molecule has 0 aliphatic heterocycles. The molecule has 0 aliphatic carbocycles. The first-order valence-electron chi connectivity index (χ1n) is 18.9. The molecule has 0 amide bonds. The third kappa shape index (κ3) is 3.79. The zero-order chi connectivity index (χ0) is 35.8. The standard InChI is InChI=1S/C52H30N2O/c1-5-17-35-31(13-1)29-32-14-2-6-18-36(32)49(35)53-43-23-11-9-21-41(43)47-45(53)27-25-39-40-26-28-46-48(52(40)55-51(39)47)42-22-10-12-24-44(42)54(46)50-37-19-7-3-15-33(37)30-34-16-4-8-20-38(34)50/h1-30H. The first-order valence-corrected chi connectivity index (χ1v) is 18.9. The number of furan rings is 1. The van der Waals surface area contributed by atoms with Crippen molar-refractivity contribution in [3.8, 4) is 11.4 Å². The van der Waals surface area contributed by atoms with E-state index in [1.165, 1.54) is 65.2 Å². The van der Waals surface area contributed by atoms with E-state index in [1.54, 1.807) is 0 Å². The molecule has 55 heavy (non-hydrogen) atoms. The van der Waals surface area contributed by atoms with E-state index in [0.29, 0.717) is 0 Å². The fraction of sp³-hybridized carbons (Fsp3) is 0. The molecule has 3 heterocycles. The van der Waals surface area contributed by atoms with Crippen molar-refractivity contribution < 1.29 is 4.42 Å². The third-order valence-corrected chi connectivity index (χ3v) is 12.0. The molecule has 0 aliphatic rings. The maximum absolute atomic E-state index is 7.32. The van der Waals surface area contributed by atoms with Crippen molar-refractivity contribution in [1.29, 1.82) is 0 Å². The Kier molecular flexibility index (Phi) is 5.63. The highest BCUT2D eigenvalue weighted by atomic mass is 16.3. The van der Waals surface area contributed by atoms with E-state index < -0.39 is 0 Å². The minimum Gasteiger partial charge on any atom is -0.455 e. The molecule has 3 heteroatoms. The van der Waals surface area contributed by atoms with E-state index in [4.69, 9.17) is 4.42 Å². The summed E-state index contributed by atoms with van der Waals surface area (Å²) in [5, 5.41) is 16.7. The molecule has 0 saturated heterocycles. The maximum atomic E-state index is 7.32. The van der Waals surface area contributed by atoms with Crippen molar-refractivity contribution >= 4 is 109 Å². The van der Waals surface area contributed by atoms with Gasteiger partial charge in [-0.15, -0.1) is 0 Å². The van der Waals surface area contributed by atoms with Crippen LogP contribution in [-0.2, 0) is 0 Å². The number of aromatic nitrogens is 2. The van der Waals surface area contributed by atoms with Crippen LogP contribution in [-0.4, -0.2) is 9.13 Å². The fourth-order valence-corrected chi connectivity index (χ4v) is 9.74. The number of hydrogen-bond acceptors (Lipinski definition) is 1. The Balaban J connectivity index is 1.19. The van der Waals surface area contributed by atoms with Crippen LogP contribution in [0.4, 0.5) is 0 Å². The van der Waals surface area contributed by atoms with Gasteiger partial charge in [0.25, 0.3) is 0 Å². The highest BCUT2D eigenvalue weighted by Crippen LogP contribution is 2.47. The van der Waals surface area contributed by atoms with Gasteiger partial charge in [-0.1, -0.05) is 133 Å². The molecule has 10 aromatic carbocycles. The Morgan fingerprint density at radius 3 is 0.982 bits per heavy atom. The summed E-state index contributed by atoms with van der Waals surface area (Å²) in [7, 11) is 0. The minimum atomic E-state index is 0.923. The SMILES string of the molecule is c1ccc2c(-n3c4ccccc4c4c5oc6c(ccc7c6c6ccccc6n7-c6c7ccccc7cc7ccccc67)c5ccc43)c3ccccc3cc2c1. The predicted molar refractivity (Wildman–Crippen MR) is 232 cm³/mol. The topological polar surface area (TPSA) is 23.0 Å². The summed E-state index contributed by atoms with van der Waals surface area (Å²) in [5.41, 5.74) is 8.84. The molecular formula is C52H30N2O. The van der Waals surface area contributed by atoms with Crippen LogP contribution < -0.4 is 0 Å². The summed E-state index contributed by atoms with van der Waals surface area (Å²) in [5.74, 6) is 0. The zero-order valence-corrected chi connectivity index (χ0v) is 29.6. The number of rotatable bonds is 2. The van der Waals surface area contributed by atoms with Gasteiger partial charge in [-0.3, -0.25) is 0 Å². The number of fused-ring (bicyclic) bond motifs is 15. The Morgan fingerprint density at radius 1 is 0.273 bits per heavy atom. The van der Waals surface area contributed by atoms with Crippen molar-refractivity contribution in [2.24, 2.45) is 0 Å². The average molecular weight is 699 g/mol. The molecule has 0 bridgehead atoms. The molecule has 0 atom stereocenters. The Bertz CT molecular complexity index is 3430. The second kappa shape index (κ2) is 10.6. The van der Waals surface area contributed by atoms with Gasteiger partial charge in [0, 0.05) is 43.1 Å². The minimum absolute atomic E-state index is 0.923. The van der Waals surface area contributed by atoms with Crippen molar-refractivity contribution in [2.45, 2.75) is 0 Å². The van der Waals surface area contributed by atoms with E-state index in [2.05, 4.69) is 191 Å². The van der Waals surface area contributed by atoms with Gasteiger partial charge in [0.1, 0.15) is 11.2 Å². The second-order valence-corrected chi connectivity index (χ2v) is 14.8. The Labute approximate surface area is 314 Å². The zero-order valence-electron chi connectivity index (χ0n) is 29.6. The van der Waals surface area contributed by atoms with Crippen LogP contribution in [0.5, 0.6) is 0 Å². The van der Waals surface area contributed by atoms with Crippen molar-refractivity contribution in [2.75, 3.05) is 0 Å². The summed E-state index contributed by atoms with van der Waals surface area (Å²) in [6, 6.07) is 66.4. The summed E-state index contributed by atoms with van der Waals surface area (Å²) in [4.78, 5) is 0. The van der Waals surface area contributed by atoms with Gasteiger partial charge >= 0.3 is 0 Å². The molecule has 0 unspecified atom stereocenters. The molecule has 0 fully saturated rings. The van der Waals surface area contributed by atoms with Crippen molar-refractivity contribution in [3.05, 3.63) is 182 Å². The Morgan fingerprint density at radius 2 is 0.600 bits per heavy atom. The molecule has 0 saturated carbocycles. The molecule has 0 radical (unpaired) electrons. The lowest BCUT2D eigenvalue weighted by molar-refractivity contribution is 0.677. The highest BCUT2D eigenvalue weighted by molar-refractivity contribution is 6.30. The summed E-state index contributed by atoms with van der Waals surface area (Å²) < 4.78 is 12.3. The largest absolute Gasteiger partial charge is 0.455 e. The average Bonchev–Trinajstić information content (AvgIpc) is 3.89. The molecule has 0 N–H and O–H groups in total. The van der Waals surface area contributed by atoms with E-state index in [1.807, 2.05) is 0 Å². The lowest BCUT2D eigenvalue weighted by Gasteiger charge is -2.15. The predicted octanol–water partition coefficient (Wildman–Crippen LogP) is 14.4. The van der Waals surface area contributed by atoms with E-state index in [9.17, 15) is 0 Å². The summed E-state index contributed by atoms with van der Waals surface area (Å²) in [6.45, 7) is 0. The normalized spacial score (nSPS) is 12.4. The maximum Gasteiger partial charge on any atom is 0.145 e. The molecule has 3 nitrogen and oxygen atoms in total. The lowest BCUT2D eigenvalue weighted by Crippen LogP contribution is -1.97. The number of benzene rings is 10. The lowest BCUT2D eigenvalue weighted by atomic mass is 10.0. The number of nitrogens with zero attached hydrogens (tertiary/aromatic N) is 2. The van der Waals surface area contributed by atoms with E-state index in [0.717, 1.165) is 54.8 Å². The fourth-order valence-electron chi connectivity index (χ4n) is 9.74. The van der Waals surface area contributed by atoms with Gasteiger partial charge in [0.2, 0.25) is 0 Å². The van der Waals surface area contributed by atoms with Crippen LogP contribution in [0.25, 0.3) is 120 Å². The third-order valence-electron chi connectivity index (χ3n) is 12.0. The van der Waals surface area contributed by atoms with Crippen molar-refractivity contribution in [1.82, 2.24) is 9.13 Å². The highest BCUT2D eigenvalue weighted by Gasteiger charge is 2.24. The van der Waals surface area contributed by atoms with Gasteiger partial charge in [-0.25, -0.2) is 0 Å². The Hall–Kier alpha value is -7.36. The van der Waals surface area contributed by atoms with Crippen LogP contribution in [0, 0.1) is 0 Å². The van der Waals surface area contributed by atoms with Gasteiger partial charge in [-0.2, -0.15) is 0 Å². The summed E-state index contributed by atoms with van der Waals surface area (Å²) >= 11 is 0. The summed E-state index contributed by atoms with van der Waals surface area (Å²) in [6.07, 6.45) is 0. The van der Waals surface area contributed by atoms with E-state index >= 15 is 0 Å². The molecule has 13 rings (SSSR count).